The molecule has 0 bridgehead atoms. The number of anilines is 6. The Bertz CT molecular complexity index is 3530. The fraction of sp³-hybridized carbons (Fsp3) is 0. The lowest BCUT2D eigenvalue weighted by Crippen LogP contribution is -2.09. The van der Waals surface area contributed by atoms with Gasteiger partial charge in [-0.05, 0) is 136 Å². The minimum Gasteiger partial charge on any atom is -0.456 e. The Morgan fingerprint density at radius 2 is 0.581 bits per heavy atom. The van der Waals surface area contributed by atoms with Gasteiger partial charge in [-0.25, -0.2) is 0 Å². The second kappa shape index (κ2) is 14.7. The van der Waals surface area contributed by atoms with Crippen molar-refractivity contribution in [2.75, 3.05) is 9.80 Å². The summed E-state index contributed by atoms with van der Waals surface area (Å²) in [4.78, 5) is 4.59. The van der Waals surface area contributed by atoms with E-state index in [1.54, 1.807) is 0 Å². The SMILES string of the molecule is c1ccc(-c2ccc(N(c3ccccc3)c3ccc4c(c3)oc3cc5cc6oc7ccc(N(c8ccccc8)c8ccc(-c9ccccc9)cc8)cc7c6cc5cc34)cc2)cc1. The lowest BCUT2D eigenvalue weighted by atomic mass is 10.0. The number of nitrogens with zero attached hydrogens (tertiary/aromatic N) is 2. The summed E-state index contributed by atoms with van der Waals surface area (Å²) in [7, 11) is 0. The fourth-order valence-corrected chi connectivity index (χ4v) is 8.96. The molecule has 62 heavy (non-hydrogen) atoms. The summed E-state index contributed by atoms with van der Waals surface area (Å²) in [6, 6.07) is 81.5. The van der Waals surface area contributed by atoms with Gasteiger partial charge in [0.05, 0.1) is 0 Å². The first-order valence-corrected chi connectivity index (χ1v) is 21.0. The average molecular weight is 795 g/mol. The van der Waals surface area contributed by atoms with Gasteiger partial charge in [-0.15, -0.1) is 0 Å². The van der Waals surface area contributed by atoms with Crippen LogP contribution in [0.25, 0.3) is 76.9 Å². The Hall–Kier alpha value is -8.34. The summed E-state index contributed by atoms with van der Waals surface area (Å²) in [5.74, 6) is 0. The van der Waals surface area contributed by atoms with Gasteiger partial charge in [0.15, 0.2) is 0 Å². The number of furan rings is 2. The highest BCUT2D eigenvalue weighted by Gasteiger charge is 2.19. The van der Waals surface area contributed by atoms with Gasteiger partial charge in [-0.1, -0.05) is 121 Å². The number of benzene rings is 10. The molecule has 4 heteroatoms. The number of fused-ring (bicyclic) bond motifs is 7. The van der Waals surface area contributed by atoms with Crippen LogP contribution in [0.5, 0.6) is 0 Å². The zero-order chi connectivity index (χ0) is 41.0. The molecule has 10 aromatic carbocycles. The van der Waals surface area contributed by atoms with Crippen LogP contribution in [-0.4, -0.2) is 0 Å². The standard InChI is InChI=1S/C58H38N2O2/c1-5-13-39(14-6-1)41-21-25-47(26-22-41)59(45-17-9-3-10-18-45)49-30-32-55-54(37-49)53-34-43-33-52-51-31-29-50(38-58(51)62-56(52)35-44(43)36-57(53)61-55)60(46-19-11-4-12-20-46)48-27-23-42(24-28-48)40-15-7-2-8-16-40/h1-38H. The van der Waals surface area contributed by atoms with Crippen LogP contribution in [-0.2, 0) is 0 Å². The lowest BCUT2D eigenvalue weighted by molar-refractivity contribution is 0.668. The molecule has 0 aliphatic carbocycles. The van der Waals surface area contributed by atoms with E-state index in [1.807, 2.05) is 0 Å². The van der Waals surface area contributed by atoms with E-state index in [0.29, 0.717) is 0 Å². The van der Waals surface area contributed by atoms with Crippen molar-refractivity contribution >= 4 is 88.8 Å². The maximum absolute atomic E-state index is 6.67. The zero-order valence-electron chi connectivity index (χ0n) is 33.7. The highest BCUT2D eigenvalue weighted by molar-refractivity contribution is 6.16. The summed E-state index contributed by atoms with van der Waals surface area (Å²) >= 11 is 0. The third kappa shape index (κ3) is 6.25. The first kappa shape index (κ1) is 35.6. The summed E-state index contributed by atoms with van der Waals surface area (Å²) in [5.41, 5.74) is 14.5. The zero-order valence-corrected chi connectivity index (χ0v) is 33.7. The van der Waals surface area contributed by atoms with Crippen molar-refractivity contribution in [1.29, 1.82) is 0 Å². The van der Waals surface area contributed by atoms with E-state index in [0.717, 1.165) is 88.8 Å². The van der Waals surface area contributed by atoms with Crippen LogP contribution in [0.3, 0.4) is 0 Å². The van der Waals surface area contributed by atoms with Crippen molar-refractivity contribution in [3.05, 3.63) is 231 Å². The van der Waals surface area contributed by atoms with E-state index in [9.17, 15) is 0 Å². The molecule has 0 radical (unpaired) electrons. The molecule has 12 aromatic rings. The Morgan fingerprint density at radius 1 is 0.226 bits per heavy atom. The van der Waals surface area contributed by atoms with E-state index in [-0.39, 0.29) is 0 Å². The molecule has 0 aliphatic rings. The fourth-order valence-electron chi connectivity index (χ4n) is 8.96. The number of hydrogen-bond donors (Lipinski definition) is 0. The van der Waals surface area contributed by atoms with E-state index in [4.69, 9.17) is 8.83 Å². The van der Waals surface area contributed by atoms with Crippen molar-refractivity contribution in [2.24, 2.45) is 0 Å². The van der Waals surface area contributed by atoms with E-state index >= 15 is 0 Å². The Kier molecular flexibility index (Phi) is 8.46. The van der Waals surface area contributed by atoms with Crippen molar-refractivity contribution < 1.29 is 8.83 Å². The molecule has 12 rings (SSSR count). The number of rotatable bonds is 8. The third-order valence-corrected chi connectivity index (χ3v) is 12.0. The maximum atomic E-state index is 6.67. The van der Waals surface area contributed by atoms with Gasteiger partial charge in [0.2, 0.25) is 0 Å². The number of para-hydroxylation sites is 2. The first-order chi connectivity index (χ1) is 30.7. The van der Waals surface area contributed by atoms with Gasteiger partial charge in [0.1, 0.15) is 22.3 Å². The average Bonchev–Trinajstić information content (AvgIpc) is 3.88. The molecule has 2 aromatic heterocycles. The molecule has 0 N–H and O–H groups in total. The van der Waals surface area contributed by atoms with E-state index in [2.05, 4.69) is 240 Å². The van der Waals surface area contributed by atoms with Crippen molar-refractivity contribution in [2.45, 2.75) is 0 Å². The molecule has 0 fully saturated rings. The highest BCUT2D eigenvalue weighted by atomic mass is 16.3. The Morgan fingerprint density at radius 3 is 1.11 bits per heavy atom. The minimum absolute atomic E-state index is 0.839. The monoisotopic (exact) mass is 794 g/mol. The van der Waals surface area contributed by atoms with Gasteiger partial charge >= 0.3 is 0 Å². The smallest absolute Gasteiger partial charge is 0.137 e. The Labute approximate surface area is 358 Å². The predicted molar refractivity (Wildman–Crippen MR) is 259 cm³/mol. The molecule has 2 heterocycles. The molecule has 0 saturated heterocycles. The van der Waals surface area contributed by atoms with Gasteiger partial charge in [-0.3, -0.25) is 0 Å². The summed E-state index contributed by atoms with van der Waals surface area (Å²) in [6.07, 6.45) is 0. The van der Waals surface area contributed by atoms with E-state index in [1.165, 1.54) is 22.3 Å². The van der Waals surface area contributed by atoms with Crippen LogP contribution in [0, 0.1) is 0 Å². The van der Waals surface area contributed by atoms with Gasteiger partial charge in [0.25, 0.3) is 0 Å². The summed E-state index contributed by atoms with van der Waals surface area (Å²) in [6.45, 7) is 0. The quantitative estimate of drug-likeness (QED) is 0.153. The molecular weight excluding hydrogens is 757 g/mol. The van der Waals surface area contributed by atoms with Crippen molar-refractivity contribution in [1.82, 2.24) is 0 Å². The van der Waals surface area contributed by atoms with Gasteiger partial charge < -0.3 is 18.6 Å². The van der Waals surface area contributed by atoms with Crippen molar-refractivity contribution in [3.63, 3.8) is 0 Å². The van der Waals surface area contributed by atoms with Crippen LogP contribution in [0.1, 0.15) is 0 Å². The highest BCUT2D eigenvalue weighted by Crippen LogP contribution is 2.43. The molecule has 0 spiro atoms. The third-order valence-electron chi connectivity index (χ3n) is 12.0. The largest absolute Gasteiger partial charge is 0.456 e. The maximum Gasteiger partial charge on any atom is 0.137 e. The second-order valence-corrected chi connectivity index (χ2v) is 15.8. The minimum atomic E-state index is 0.839. The molecule has 0 atom stereocenters. The number of hydrogen-bond acceptors (Lipinski definition) is 4. The first-order valence-electron chi connectivity index (χ1n) is 21.0. The predicted octanol–water partition coefficient (Wildman–Crippen LogP) is 16.9. The lowest BCUT2D eigenvalue weighted by Gasteiger charge is -2.25. The van der Waals surface area contributed by atoms with Gasteiger partial charge in [-0.2, -0.15) is 0 Å². The molecule has 292 valence electrons. The molecule has 4 nitrogen and oxygen atoms in total. The Balaban J connectivity index is 0.933. The second-order valence-electron chi connectivity index (χ2n) is 15.8. The van der Waals surface area contributed by atoms with Crippen LogP contribution in [0.4, 0.5) is 34.1 Å². The molecule has 0 unspecified atom stereocenters. The molecule has 0 saturated carbocycles. The van der Waals surface area contributed by atoms with Crippen molar-refractivity contribution in [3.8, 4) is 22.3 Å². The molecular formula is C58H38N2O2. The van der Waals surface area contributed by atoms with Gasteiger partial charge in [0, 0.05) is 61.7 Å². The van der Waals surface area contributed by atoms with E-state index < -0.39 is 0 Å². The topological polar surface area (TPSA) is 32.8 Å². The molecule has 0 amide bonds. The summed E-state index contributed by atoms with van der Waals surface area (Å²) in [5, 5.41) is 6.51. The van der Waals surface area contributed by atoms with Crippen LogP contribution in [0.2, 0.25) is 0 Å². The van der Waals surface area contributed by atoms with Crippen LogP contribution >= 0.6 is 0 Å². The molecule has 0 aliphatic heterocycles. The summed E-state index contributed by atoms with van der Waals surface area (Å²) < 4.78 is 13.2. The van der Waals surface area contributed by atoms with Crippen LogP contribution < -0.4 is 9.80 Å². The van der Waals surface area contributed by atoms with Crippen LogP contribution in [0.15, 0.2) is 239 Å². The normalized spacial score (nSPS) is 11.5.